The zero-order valence-corrected chi connectivity index (χ0v) is 18.8. The molecule has 0 unspecified atom stereocenters. The number of benzene rings is 3. The minimum absolute atomic E-state index is 0.115. The van der Waals surface area contributed by atoms with Crippen molar-refractivity contribution < 1.29 is 4.74 Å². The topological polar surface area (TPSA) is 61.4 Å². The second-order valence-corrected chi connectivity index (χ2v) is 8.71. The van der Waals surface area contributed by atoms with E-state index >= 15 is 0 Å². The number of ether oxygens (including phenoxy) is 1. The molecular formula is C24H19ClN4O2S. The Hall–Kier alpha value is -3.29. The van der Waals surface area contributed by atoms with E-state index in [-0.39, 0.29) is 5.56 Å². The molecule has 32 heavy (non-hydrogen) atoms. The van der Waals surface area contributed by atoms with Crippen molar-refractivity contribution in [3.8, 4) is 11.4 Å². The summed E-state index contributed by atoms with van der Waals surface area (Å²) in [7, 11) is 0. The zero-order chi connectivity index (χ0) is 22.1. The number of nitrogens with zero attached hydrogens (tertiary/aromatic N) is 4. The van der Waals surface area contributed by atoms with Gasteiger partial charge in [0.05, 0.1) is 23.2 Å². The highest BCUT2D eigenvalue weighted by Gasteiger charge is 2.18. The Bertz CT molecular complexity index is 1490. The van der Waals surface area contributed by atoms with Crippen molar-refractivity contribution in [2.75, 3.05) is 12.4 Å². The molecule has 0 aliphatic rings. The molecule has 8 heteroatoms. The molecule has 2 aromatic heterocycles. The predicted molar refractivity (Wildman–Crippen MR) is 128 cm³/mol. The predicted octanol–water partition coefficient (Wildman–Crippen LogP) is 5.17. The van der Waals surface area contributed by atoms with Crippen molar-refractivity contribution in [2.45, 2.75) is 12.1 Å². The van der Waals surface area contributed by atoms with Crippen LogP contribution in [0.3, 0.4) is 0 Å². The number of hydrogen-bond acceptors (Lipinski definition) is 5. The number of fused-ring (bicyclic) bond motifs is 3. The number of para-hydroxylation sites is 2. The van der Waals surface area contributed by atoms with Crippen molar-refractivity contribution in [1.82, 2.24) is 19.2 Å². The molecule has 5 aromatic rings. The van der Waals surface area contributed by atoms with Crippen LogP contribution in [-0.2, 0) is 0 Å². The largest absolute Gasteiger partial charge is 0.493 e. The lowest BCUT2D eigenvalue weighted by Crippen LogP contribution is -2.22. The Kier molecular flexibility index (Phi) is 5.59. The van der Waals surface area contributed by atoms with Crippen molar-refractivity contribution >= 4 is 40.0 Å². The minimum atomic E-state index is -0.115. The van der Waals surface area contributed by atoms with E-state index in [9.17, 15) is 4.79 Å². The maximum Gasteiger partial charge on any atom is 0.267 e. The van der Waals surface area contributed by atoms with Gasteiger partial charge in [-0.15, -0.1) is 10.2 Å². The first-order valence-corrected chi connectivity index (χ1v) is 11.5. The van der Waals surface area contributed by atoms with Crippen LogP contribution in [0.1, 0.15) is 5.56 Å². The van der Waals surface area contributed by atoms with Gasteiger partial charge in [-0.3, -0.25) is 9.20 Å². The zero-order valence-electron chi connectivity index (χ0n) is 17.2. The van der Waals surface area contributed by atoms with Gasteiger partial charge in [-0.25, -0.2) is 4.57 Å². The van der Waals surface area contributed by atoms with Gasteiger partial charge >= 0.3 is 0 Å². The second kappa shape index (κ2) is 8.68. The fraction of sp³-hybridized carbons (Fsp3) is 0.125. The number of aromatic nitrogens is 4. The lowest BCUT2D eigenvalue weighted by molar-refractivity contribution is 0.344. The number of hydrogen-bond donors (Lipinski definition) is 0. The molecule has 0 amide bonds. The molecule has 0 saturated heterocycles. The summed E-state index contributed by atoms with van der Waals surface area (Å²) in [6, 6.07) is 22.6. The summed E-state index contributed by atoms with van der Waals surface area (Å²) < 4.78 is 9.37. The van der Waals surface area contributed by atoms with Crippen LogP contribution in [0.15, 0.2) is 82.7 Å². The Morgan fingerprint density at radius 2 is 1.81 bits per heavy atom. The van der Waals surface area contributed by atoms with Gasteiger partial charge in [-0.1, -0.05) is 59.8 Å². The maximum atomic E-state index is 13.4. The molecule has 0 N–H and O–H groups in total. The normalized spacial score (nSPS) is 11.3. The SMILES string of the molecule is Cc1ccccc1-n1c(=O)c2ccccc2n2c(SCCOc3cccc(Cl)c3)nnc12. The summed E-state index contributed by atoms with van der Waals surface area (Å²) >= 11 is 7.54. The Balaban J connectivity index is 1.54. The molecule has 0 radical (unpaired) electrons. The molecule has 5 rings (SSSR count). The van der Waals surface area contributed by atoms with Crippen LogP contribution >= 0.6 is 23.4 Å². The summed E-state index contributed by atoms with van der Waals surface area (Å²) in [5.41, 5.74) is 2.44. The van der Waals surface area contributed by atoms with Gasteiger partial charge in [0.15, 0.2) is 5.16 Å². The molecule has 0 bridgehead atoms. The van der Waals surface area contributed by atoms with Crippen molar-refractivity contribution in [3.63, 3.8) is 0 Å². The van der Waals surface area contributed by atoms with Gasteiger partial charge in [0.25, 0.3) is 5.56 Å². The molecule has 2 heterocycles. The van der Waals surface area contributed by atoms with E-state index in [1.54, 1.807) is 10.6 Å². The van der Waals surface area contributed by atoms with E-state index in [0.717, 1.165) is 22.5 Å². The molecule has 0 aliphatic carbocycles. The quantitative estimate of drug-likeness (QED) is 0.257. The van der Waals surface area contributed by atoms with Crippen molar-refractivity contribution in [3.05, 3.63) is 93.7 Å². The molecule has 0 spiro atoms. The minimum Gasteiger partial charge on any atom is -0.493 e. The molecule has 0 aliphatic heterocycles. The van der Waals surface area contributed by atoms with Crippen LogP contribution in [0, 0.1) is 6.92 Å². The summed E-state index contributed by atoms with van der Waals surface area (Å²) in [6.07, 6.45) is 0. The first kappa shape index (κ1) is 20.6. The van der Waals surface area contributed by atoms with E-state index in [2.05, 4.69) is 10.2 Å². The molecule has 0 atom stereocenters. The van der Waals surface area contributed by atoms with Crippen LogP contribution in [-0.4, -0.2) is 31.5 Å². The first-order chi connectivity index (χ1) is 15.6. The van der Waals surface area contributed by atoms with Crippen molar-refractivity contribution in [1.29, 1.82) is 0 Å². The van der Waals surface area contributed by atoms with E-state index in [0.29, 0.717) is 33.7 Å². The second-order valence-electron chi connectivity index (χ2n) is 7.22. The number of thioether (sulfide) groups is 1. The lowest BCUT2D eigenvalue weighted by atomic mass is 10.2. The molecular weight excluding hydrogens is 444 g/mol. The highest BCUT2D eigenvalue weighted by atomic mass is 35.5. The van der Waals surface area contributed by atoms with Gasteiger partial charge < -0.3 is 4.74 Å². The number of halogens is 1. The van der Waals surface area contributed by atoms with Crippen LogP contribution in [0.25, 0.3) is 22.4 Å². The van der Waals surface area contributed by atoms with Crippen LogP contribution in [0.5, 0.6) is 5.75 Å². The van der Waals surface area contributed by atoms with E-state index < -0.39 is 0 Å². The van der Waals surface area contributed by atoms with Crippen LogP contribution in [0.2, 0.25) is 5.02 Å². The molecule has 6 nitrogen and oxygen atoms in total. The molecule has 0 saturated carbocycles. The average molecular weight is 463 g/mol. The van der Waals surface area contributed by atoms with Gasteiger partial charge in [-0.2, -0.15) is 0 Å². The highest BCUT2D eigenvalue weighted by molar-refractivity contribution is 7.99. The van der Waals surface area contributed by atoms with Gasteiger partial charge in [0.2, 0.25) is 5.78 Å². The Labute approximate surface area is 193 Å². The summed E-state index contributed by atoms with van der Waals surface area (Å²) in [5.74, 6) is 1.87. The summed E-state index contributed by atoms with van der Waals surface area (Å²) in [5, 5.41) is 10.7. The Morgan fingerprint density at radius 1 is 1.00 bits per heavy atom. The average Bonchev–Trinajstić information content (AvgIpc) is 3.22. The monoisotopic (exact) mass is 462 g/mol. The first-order valence-electron chi connectivity index (χ1n) is 10.1. The maximum absolute atomic E-state index is 13.4. The highest BCUT2D eigenvalue weighted by Crippen LogP contribution is 2.24. The van der Waals surface area contributed by atoms with Crippen molar-refractivity contribution in [2.24, 2.45) is 0 Å². The van der Waals surface area contributed by atoms with Gasteiger partial charge in [0, 0.05) is 10.8 Å². The van der Waals surface area contributed by atoms with E-state index in [1.807, 2.05) is 78.1 Å². The Morgan fingerprint density at radius 3 is 2.66 bits per heavy atom. The summed E-state index contributed by atoms with van der Waals surface area (Å²) in [4.78, 5) is 13.4. The molecule has 160 valence electrons. The number of rotatable bonds is 6. The third-order valence-electron chi connectivity index (χ3n) is 5.13. The smallest absolute Gasteiger partial charge is 0.267 e. The van der Waals surface area contributed by atoms with E-state index in [4.69, 9.17) is 16.3 Å². The van der Waals surface area contributed by atoms with Crippen LogP contribution in [0.4, 0.5) is 0 Å². The van der Waals surface area contributed by atoms with Crippen LogP contribution < -0.4 is 10.3 Å². The molecule has 3 aromatic carbocycles. The van der Waals surface area contributed by atoms with E-state index in [1.165, 1.54) is 11.8 Å². The van der Waals surface area contributed by atoms with Gasteiger partial charge in [0.1, 0.15) is 5.75 Å². The standard InChI is InChI=1S/C24H19ClN4O2S/c1-16-7-2-4-11-20(16)28-22(30)19-10-3-5-12-21(19)29-23(28)26-27-24(29)32-14-13-31-18-9-6-8-17(25)15-18/h2-12,15H,13-14H2,1H3. The number of aryl methyl sites for hydroxylation is 1. The van der Waals surface area contributed by atoms with Gasteiger partial charge in [-0.05, 0) is 48.9 Å². The third-order valence-corrected chi connectivity index (χ3v) is 6.26. The fourth-order valence-electron chi connectivity index (χ4n) is 3.65. The third kappa shape index (κ3) is 3.74. The lowest BCUT2D eigenvalue weighted by Gasteiger charge is -2.13. The molecule has 0 fully saturated rings. The fourth-order valence-corrected chi connectivity index (χ4v) is 4.59. The summed E-state index contributed by atoms with van der Waals surface area (Å²) in [6.45, 7) is 2.46.